The second kappa shape index (κ2) is 6.13. The Labute approximate surface area is 138 Å². The van der Waals surface area contributed by atoms with Gasteiger partial charge in [-0.05, 0) is 71.6 Å². The first kappa shape index (κ1) is 17.8. The summed E-state index contributed by atoms with van der Waals surface area (Å²) in [6.45, 7) is 11.5. The van der Waals surface area contributed by atoms with Crippen LogP contribution in [0.25, 0.3) is 0 Å². The molecule has 0 bridgehead atoms. The lowest BCUT2D eigenvalue weighted by Crippen LogP contribution is -2.62. The van der Waals surface area contributed by atoms with Crippen molar-refractivity contribution in [3.05, 3.63) is 29.3 Å². The second-order valence-corrected chi connectivity index (χ2v) is 7.76. The van der Waals surface area contributed by atoms with Crippen LogP contribution < -0.4 is 10.1 Å². The van der Waals surface area contributed by atoms with Crippen LogP contribution in [0.4, 0.5) is 4.79 Å². The smallest absolute Gasteiger partial charge is 0.410 e. The van der Waals surface area contributed by atoms with Gasteiger partial charge < -0.3 is 10.1 Å². The summed E-state index contributed by atoms with van der Waals surface area (Å²) in [4.78, 5) is 12.2. The molecule has 2 rings (SSSR count). The lowest BCUT2D eigenvalue weighted by molar-refractivity contribution is -0.289. The Balaban J connectivity index is 2.04. The summed E-state index contributed by atoms with van der Waals surface area (Å²) in [6, 6.07) is 5.56. The number of nitrogens with zero attached hydrogens (tertiary/aromatic N) is 1. The molecule has 1 heterocycles. The number of rotatable bonds is 2. The van der Waals surface area contributed by atoms with Crippen molar-refractivity contribution in [1.82, 2.24) is 10.4 Å². The molecule has 0 aromatic heterocycles. The summed E-state index contributed by atoms with van der Waals surface area (Å²) >= 11 is 0. The number of piperidine rings is 1. The summed E-state index contributed by atoms with van der Waals surface area (Å²) in [6.07, 6.45) is 0.735. The number of carbonyl (C=O) groups is 1. The number of benzene rings is 1. The molecule has 1 radical (unpaired) electrons. The van der Waals surface area contributed by atoms with Gasteiger partial charge in [-0.25, -0.2) is 4.79 Å². The number of nitrogens with one attached hydrogen (secondary N) is 1. The fourth-order valence-corrected chi connectivity index (χ4v) is 3.50. The maximum Gasteiger partial charge on any atom is 0.412 e. The van der Waals surface area contributed by atoms with Crippen LogP contribution in [-0.4, -0.2) is 28.3 Å². The zero-order chi connectivity index (χ0) is 17.4. The number of amides is 1. The van der Waals surface area contributed by atoms with Crippen LogP contribution in [-0.2, 0) is 5.21 Å². The third kappa shape index (κ3) is 3.85. The highest BCUT2D eigenvalue weighted by Gasteiger charge is 2.46. The summed E-state index contributed by atoms with van der Waals surface area (Å²) in [5.74, 6) is 0.572. The minimum absolute atomic E-state index is 0.0807. The monoisotopic (exact) mass is 319 g/mol. The fourth-order valence-electron chi connectivity index (χ4n) is 3.50. The van der Waals surface area contributed by atoms with Crippen LogP contribution in [0.1, 0.15) is 51.7 Å². The van der Waals surface area contributed by atoms with Crippen LogP contribution in [0, 0.1) is 13.8 Å². The molecule has 1 amide bonds. The Hall–Kier alpha value is -1.59. The Bertz CT molecular complexity index is 578. The van der Waals surface area contributed by atoms with Crippen molar-refractivity contribution in [3.8, 4) is 5.75 Å². The van der Waals surface area contributed by atoms with Crippen molar-refractivity contribution in [2.24, 2.45) is 0 Å². The molecule has 0 aliphatic carbocycles. The third-order valence-corrected chi connectivity index (χ3v) is 4.67. The number of carbonyl (C=O) groups excluding carboxylic acids is 1. The van der Waals surface area contributed by atoms with Crippen molar-refractivity contribution in [1.29, 1.82) is 0 Å². The number of aryl methyl sites for hydroxylation is 1. The minimum atomic E-state index is -0.515. The standard InChI is InChI=1S/C18H27N2O3/c1-12-8-7-9-15(13(12)2)23-16(21)19-14-10-17(3,4)20(22)18(5,6)11-14/h7-9,14H,10-11H2,1-6H3,(H,19,21). The van der Waals surface area contributed by atoms with Crippen LogP contribution >= 0.6 is 0 Å². The molecule has 5 heteroatoms. The lowest BCUT2D eigenvalue weighted by Gasteiger charge is -2.49. The van der Waals surface area contributed by atoms with E-state index in [1.54, 1.807) is 6.07 Å². The van der Waals surface area contributed by atoms with Gasteiger partial charge in [-0.2, -0.15) is 0 Å². The molecule has 23 heavy (non-hydrogen) atoms. The van der Waals surface area contributed by atoms with E-state index in [1.165, 1.54) is 0 Å². The molecular weight excluding hydrogens is 292 g/mol. The van der Waals surface area contributed by atoms with Gasteiger partial charge in [0.25, 0.3) is 0 Å². The van der Waals surface area contributed by atoms with Crippen molar-refractivity contribution < 1.29 is 14.7 Å². The highest BCUT2D eigenvalue weighted by Crippen LogP contribution is 2.37. The first-order valence-electron chi connectivity index (χ1n) is 8.05. The van der Waals surface area contributed by atoms with Gasteiger partial charge in [0.05, 0.1) is 0 Å². The molecule has 1 aliphatic rings. The van der Waals surface area contributed by atoms with Crippen molar-refractivity contribution >= 4 is 6.09 Å². The van der Waals surface area contributed by atoms with Crippen molar-refractivity contribution in [2.45, 2.75) is 71.5 Å². The molecule has 127 valence electrons. The maximum atomic E-state index is 12.3. The third-order valence-electron chi connectivity index (χ3n) is 4.67. The average molecular weight is 319 g/mol. The Morgan fingerprint density at radius 2 is 1.74 bits per heavy atom. The molecule has 0 spiro atoms. The summed E-state index contributed by atoms with van der Waals surface area (Å²) in [7, 11) is 0. The minimum Gasteiger partial charge on any atom is -0.410 e. The van der Waals surface area contributed by atoms with Crippen LogP contribution in [0.15, 0.2) is 18.2 Å². The lowest BCUT2D eigenvalue weighted by atomic mass is 9.79. The molecule has 1 saturated heterocycles. The van der Waals surface area contributed by atoms with E-state index in [2.05, 4.69) is 5.32 Å². The maximum absolute atomic E-state index is 12.3. The molecule has 0 saturated carbocycles. The first-order valence-corrected chi connectivity index (χ1v) is 8.05. The van der Waals surface area contributed by atoms with Crippen LogP contribution in [0.2, 0.25) is 0 Å². The molecule has 1 N–H and O–H groups in total. The molecule has 5 nitrogen and oxygen atoms in total. The normalized spacial score (nSPS) is 21.0. The van der Waals surface area contributed by atoms with Gasteiger partial charge in [0.1, 0.15) is 5.75 Å². The van der Waals surface area contributed by atoms with Gasteiger partial charge in [0.2, 0.25) is 0 Å². The highest BCUT2D eigenvalue weighted by atomic mass is 16.6. The molecular formula is C18H27N2O3. The number of hydroxylamine groups is 2. The van der Waals surface area contributed by atoms with Gasteiger partial charge >= 0.3 is 6.09 Å². The molecule has 0 atom stereocenters. The van der Waals surface area contributed by atoms with E-state index in [-0.39, 0.29) is 6.04 Å². The van der Waals surface area contributed by atoms with Gasteiger partial charge in [0, 0.05) is 17.1 Å². The van der Waals surface area contributed by atoms with Gasteiger partial charge in [-0.15, -0.1) is 10.3 Å². The highest BCUT2D eigenvalue weighted by molar-refractivity contribution is 5.71. The van der Waals surface area contributed by atoms with E-state index in [9.17, 15) is 10.0 Å². The Kier molecular flexibility index (Phi) is 4.74. The van der Waals surface area contributed by atoms with Crippen molar-refractivity contribution in [2.75, 3.05) is 0 Å². The van der Waals surface area contributed by atoms with E-state index in [0.29, 0.717) is 18.6 Å². The first-order chi connectivity index (χ1) is 10.5. The number of hydrogen-bond donors (Lipinski definition) is 1. The van der Waals surface area contributed by atoms with E-state index < -0.39 is 17.2 Å². The average Bonchev–Trinajstić information content (AvgIpc) is 2.40. The molecule has 1 aromatic carbocycles. The van der Waals surface area contributed by atoms with E-state index >= 15 is 0 Å². The number of ether oxygens (including phenoxy) is 1. The van der Waals surface area contributed by atoms with Gasteiger partial charge in [-0.1, -0.05) is 12.1 Å². The zero-order valence-corrected chi connectivity index (χ0v) is 14.9. The predicted octanol–water partition coefficient (Wildman–Crippen LogP) is 3.76. The molecule has 1 aliphatic heterocycles. The van der Waals surface area contributed by atoms with E-state index in [4.69, 9.17) is 4.74 Å². The van der Waals surface area contributed by atoms with Crippen LogP contribution in [0.5, 0.6) is 5.75 Å². The van der Waals surface area contributed by atoms with Gasteiger partial charge in [-0.3, -0.25) is 0 Å². The fraction of sp³-hybridized carbons (Fsp3) is 0.611. The van der Waals surface area contributed by atoms with E-state index in [0.717, 1.165) is 16.2 Å². The Morgan fingerprint density at radius 1 is 1.17 bits per heavy atom. The largest absolute Gasteiger partial charge is 0.412 e. The quantitative estimate of drug-likeness (QED) is 0.903. The van der Waals surface area contributed by atoms with Gasteiger partial charge in [0.15, 0.2) is 0 Å². The van der Waals surface area contributed by atoms with Crippen molar-refractivity contribution in [3.63, 3.8) is 0 Å². The predicted molar refractivity (Wildman–Crippen MR) is 88.8 cm³/mol. The Morgan fingerprint density at radius 3 is 2.30 bits per heavy atom. The SMILES string of the molecule is Cc1cccc(OC(=O)NC2CC(C)(C)N([O])C(C)(C)C2)c1C. The summed E-state index contributed by atoms with van der Waals surface area (Å²) in [5, 5.41) is 16.4. The van der Waals surface area contributed by atoms with Crippen LogP contribution in [0.3, 0.4) is 0 Å². The molecule has 1 aromatic rings. The zero-order valence-electron chi connectivity index (χ0n) is 14.9. The topological polar surface area (TPSA) is 61.5 Å². The van der Waals surface area contributed by atoms with E-state index in [1.807, 2.05) is 53.7 Å². The second-order valence-electron chi connectivity index (χ2n) is 7.76. The molecule has 0 unspecified atom stereocenters. The summed E-state index contributed by atoms with van der Waals surface area (Å²) < 4.78 is 5.45. The summed E-state index contributed by atoms with van der Waals surface area (Å²) in [5.41, 5.74) is 1.01. The number of hydrogen-bond acceptors (Lipinski definition) is 3. The molecule has 1 fully saturated rings.